The highest BCUT2D eigenvalue weighted by Gasteiger charge is 2.11. The van der Waals surface area contributed by atoms with Crippen LogP contribution in [0.5, 0.6) is 11.5 Å². The number of para-hydroxylation sites is 1. The number of quaternary nitrogens is 1. The van der Waals surface area contributed by atoms with Gasteiger partial charge in [-0.05, 0) is 42.3 Å². The summed E-state index contributed by atoms with van der Waals surface area (Å²) >= 11 is 0. The highest BCUT2D eigenvalue weighted by Crippen LogP contribution is 2.18. The molecule has 146 valence electrons. The van der Waals surface area contributed by atoms with E-state index in [1.807, 2.05) is 51.5 Å². The van der Waals surface area contributed by atoms with Crippen molar-refractivity contribution in [2.24, 2.45) is 4.99 Å². The van der Waals surface area contributed by atoms with Crippen molar-refractivity contribution in [3.05, 3.63) is 54.6 Å². The Kier molecular flexibility index (Phi) is 7.64. The van der Waals surface area contributed by atoms with Gasteiger partial charge in [0, 0.05) is 6.42 Å². The molecule has 0 amide bonds. The Morgan fingerprint density at radius 2 is 1.52 bits per heavy atom. The van der Waals surface area contributed by atoms with Gasteiger partial charge in [-0.1, -0.05) is 18.2 Å². The third-order valence-corrected chi connectivity index (χ3v) is 3.73. The summed E-state index contributed by atoms with van der Waals surface area (Å²) in [5, 5.41) is 19.9. The Morgan fingerprint density at radius 3 is 2.07 bits per heavy atom. The van der Waals surface area contributed by atoms with Gasteiger partial charge in [0.25, 0.3) is 0 Å². The van der Waals surface area contributed by atoms with E-state index in [1.165, 1.54) is 0 Å². The Labute approximate surface area is 160 Å². The van der Waals surface area contributed by atoms with Crippen LogP contribution in [-0.4, -0.2) is 62.5 Å². The molecule has 0 saturated heterocycles. The zero-order valence-corrected chi connectivity index (χ0v) is 16.2. The highest BCUT2D eigenvalue weighted by molar-refractivity contribution is 5.75. The fourth-order valence-electron chi connectivity index (χ4n) is 2.21. The van der Waals surface area contributed by atoms with Crippen molar-refractivity contribution in [1.29, 1.82) is 0 Å². The summed E-state index contributed by atoms with van der Waals surface area (Å²) in [5.74, 6) is 1.27. The molecule has 0 heterocycles. The van der Waals surface area contributed by atoms with Crippen molar-refractivity contribution in [3.63, 3.8) is 0 Å². The second-order valence-corrected chi connectivity index (χ2v) is 7.40. The zero-order valence-electron chi connectivity index (χ0n) is 16.2. The predicted molar refractivity (Wildman–Crippen MR) is 106 cm³/mol. The van der Waals surface area contributed by atoms with Crippen molar-refractivity contribution in [3.8, 4) is 11.5 Å². The number of ether oxygens (including phenoxy) is 2. The first kappa shape index (κ1) is 20.7. The number of benzene rings is 2. The molecule has 0 saturated carbocycles. The molecule has 6 heteroatoms. The van der Waals surface area contributed by atoms with Crippen LogP contribution in [0.2, 0.25) is 0 Å². The summed E-state index contributed by atoms with van der Waals surface area (Å²) in [5.41, 5.74) is 0.614. The Balaban J connectivity index is 1.76. The topological polar surface area (TPSA) is 76.8 Å². The van der Waals surface area contributed by atoms with Crippen LogP contribution in [0, 0.1) is 0 Å². The molecule has 2 N–H and O–H groups in total. The lowest BCUT2D eigenvalue weighted by atomic mass is 10.3. The van der Waals surface area contributed by atoms with Crippen LogP contribution in [0.15, 0.2) is 59.6 Å². The van der Waals surface area contributed by atoms with Crippen molar-refractivity contribution >= 4 is 11.6 Å². The van der Waals surface area contributed by atoms with Gasteiger partial charge in [0.05, 0.1) is 33.4 Å². The van der Waals surface area contributed by atoms with Crippen LogP contribution in [-0.2, 0) is 0 Å². The normalized spacial score (nSPS) is 13.3. The fraction of sp³-hybridized carbons (Fsp3) is 0.381. The molecule has 6 nitrogen and oxygen atoms in total. The lowest BCUT2D eigenvalue weighted by molar-refractivity contribution is -0.869. The monoisotopic (exact) mass is 373 g/mol. The molecule has 1 atom stereocenters. The minimum absolute atomic E-state index is 0.124. The molecule has 0 bridgehead atoms. The van der Waals surface area contributed by atoms with Gasteiger partial charge in [-0.2, -0.15) is 0 Å². The summed E-state index contributed by atoms with van der Waals surface area (Å²) < 4.78 is 11.9. The van der Waals surface area contributed by atoms with Gasteiger partial charge in [0.15, 0.2) is 13.2 Å². The molecule has 0 radical (unpaired) electrons. The molecule has 0 fully saturated rings. The first-order chi connectivity index (χ1) is 12.8. The highest BCUT2D eigenvalue weighted by atomic mass is 16.5. The van der Waals surface area contributed by atoms with Gasteiger partial charge in [-0.25, -0.2) is 0 Å². The van der Waals surface area contributed by atoms with Gasteiger partial charge >= 0.3 is 0 Å². The van der Waals surface area contributed by atoms with Crippen LogP contribution >= 0.6 is 0 Å². The second kappa shape index (κ2) is 9.94. The molecule has 27 heavy (non-hydrogen) atoms. The third-order valence-electron chi connectivity index (χ3n) is 3.73. The number of hydrogen-bond donors (Lipinski definition) is 0. The molecule has 2 aromatic rings. The minimum atomic E-state index is -0.494. The van der Waals surface area contributed by atoms with Crippen molar-refractivity contribution in [2.75, 3.05) is 40.9 Å². The average molecular weight is 373 g/mol. The van der Waals surface area contributed by atoms with Crippen molar-refractivity contribution in [2.45, 2.75) is 12.5 Å². The van der Waals surface area contributed by atoms with Crippen LogP contribution in [0.25, 0.3) is 0 Å². The molecule has 0 aliphatic heterocycles. The standard InChI is InChI=1S/C21H28N2O4/c1-23(2,3)14-13-21(25)22-17-9-11-20(12-10-17)27-16-18(24)15-26-19-7-5-4-6-8-19/h4-12,18,24H,13-16H2,1-3H3/p+1/t18-/m1/s1. The van der Waals surface area contributed by atoms with Gasteiger partial charge in [-0.15, -0.1) is 0 Å². The number of rotatable bonds is 10. The maximum absolute atomic E-state index is 11.9. The third kappa shape index (κ3) is 8.57. The number of hydrogen-bond acceptors (Lipinski definition) is 4. The minimum Gasteiger partial charge on any atom is -0.862 e. The summed E-state index contributed by atoms with van der Waals surface area (Å²) in [7, 11) is 6.14. The van der Waals surface area contributed by atoms with Gasteiger partial charge in [0.2, 0.25) is 6.10 Å². The molecule has 0 aliphatic rings. The van der Waals surface area contributed by atoms with E-state index in [0.717, 1.165) is 16.8 Å². The molecule has 2 rings (SSSR count). The van der Waals surface area contributed by atoms with E-state index in [4.69, 9.17) is 14.6 Å². The summed E-state index contributed by atoms with van der Waals surface area (Å²) in [4.78, 5) is 4.10. The van der Waals surface area contributed by atoms with E-state index in [2.05, 4.69) is 4.99 Å². The van der Waals surface area contributed by atoms with E-state index >= 15 is 0 Å². The molecular weight excluding hydrogens is 344 g/mol. The number of nitrogens with zero attached hydrogens (tertiary/aromatic N) is 2. The summed E-state index contributed by atoms with van der Waals surface area (Å²) in [6.45, 7) is 1.24. The van der Waals surface area contributed by atoms with E-state index in [0.29, 0.717) is 17.9 Å². The van der Waals surface area contributed by atoms with Crippen LogP contribution in [0.1, 0.15) is 6.42 Å². The smallest absolute Gasteiger partial charge is 0.222 e. The SMILES string of the molecule is C[N+](C)(C)CCC([O-])=Nc1ccc(OC[C@H]([OH2+])COc2ccccc2)cc1. The molecule has 0 aromatic heterocycles. The lowest BCUT2D eigenvalue weighted by Gasteiger charge is -2.25. The second-order valence-electron chi connectivity index (χ2n) is 7.40. The average Bonchev–Trinajstić information content (AvgIpc) is 2.64. The van der Waals surface area contributed by atoms with Gasteiger partial charge < -0.3 is 24.2 Å². The Hall–Kier alpha value is -2.57. The Morgan fingerprint density at radius 1 is 0.963 bits per heavy atom. The van der Waals surface area contributed by atoms with Crippen molar-refractivity contribution in [1.82, 2.24) is 0 Å². The molecule has 2 aromatic carbocycles. The lowest BCUT2D eigenvalue weighted by Crippen LogP contribution is -2.38. The largest absolute Gasteiger partial charge is 0.862 e. The molecule has 0 unspecified atom stereocenters. The van der Waals surface area contributed by atoms with Crippen LogP contribution < -0.4 is 14.6 Å². The molecule has 0 spiro atoms. The van der Waals surface area contributed by atoms with Crippen LogP contribution in [0.4, 0.5) is 5.69 Å². The Bertz CT molecular complexity index is 709. The maximum atomic E-state index is 11.9. The first-order valence-electron chi connectivity index (χ1n) is 8.99. The molecular formula is C21H29N2O4+. The number of aliphatic imine (C=N–C) groups is 1. The van der Waals surface area contributed by atoms with Gasteiger partial charge in [-0.3, -0.25) is 4.99 Å². The van der Waals surface area contributed by atoms with Crippen molar-refractivity contribution < 1.29 is 24.2 Å². The van der Waals surface area contributed by atoms with E-state index < -0.39 is 6.10 Å². The quantitative estimate of drug-likeness (QED) is 0.275. The molecule has 0 aliphatic carbocycles. The van der Waals surface area contributed by atoms with E-state index in [9.17, 15) is 5.11 Å². The summed E-state index contributed by atoms with van der Waals surface area (Å²) in [6.07, 6.45) is -0.0735. The van der Waals surface area contributed by atoms with E-state index in [-0.39, 0.29) is 19.1 Å². The van der Waals surface area contributed by atoms with Crippen LogP contribution in [0.3, 0.4) is 0 Å². The maximum Gasteiger partial charge on any atom is 0.222 e. The first-order valence-corrected chi connectivity index (χ1v) is 8.99. The predicted octanol–water partition coefficient (Wildman–Crippen LogP) is 1.72. The van der Waals surface area contributed by atoms with E-state index in [1.54, 1.807) is 24.3 Å². The zero-order chi connectivity index (χ0) is 19.7. The van der Waals surface area contributed by atoms with Gasteiger partial charge in [0.1, 0.15) is 11.5 Å². The summed E-state index contributed by atoms with van der Waals surface area (Å²) in [6, 6.07) is 16.4. The fourth-order valence-corrected chi connectivity index (χ4v) is 2.21.